The van der Waals surface area contributed by atoms with Crippen molar-refractivity contribution in [3.05, 3.63) is 90.0 Å². The number of aromatic carboxylic acids is 1. The van der Waals surface area contributed by atoms with E-state index in [0.29, 0.717) is 5.82 Å². The van der Waals surface area contributed by atoms with Gasteiger partial charge in [-0.1, -0.05) is 84.4 Å². The van der Waals surface area contributed by atoms with E-state index in [1.54, 1.807) is 12.1 Å². The molecule has 132 valence electrons. The molecule has 0 bridgehead atoms. The molecule has 0 spiro atoms. The molecule has 0 unspecified atom stereocenters. The molecule has 0 saturated heterocycles. The minimum absolute atomic E-state index is 0.146. The zero-order valence-electron chi connectivity index (χ0n) is 14.8. The molecule has 0 fully saturated rings. The van der Waals surface area contributed by atoms with E-state index >= 15 is 0 Å². The van der Waals surface area contributed by atoms with Crippen molar-refractivity contribution in [1.29, 1.82) is 0 Å². The van der Waals surface area contributed by atoms with Crippen LogP contribution in [-0.4, -0.2) is 15.9 Å². The number of aromatic nitrogens is 2. The lowest BCUT2D eigenvalue weighted by Crippen LogP contribution is -2.21. The maximum atomic E-state index is 11.0. The lowest BCUT2D eigenvalue weighted by Gasteiger charge is -2.03. The fraction of sp³-hybridized carbons (Fsp3) is 0.0435. The molecular weight excluding hydrogens is 336 g/mol. The standard InChI is InChI=1S/C23H18N2O2/c1-15-7-9-17(10-8-15)21-20(16-5-3-2-4-6-16)24-22(25-21)18-11-13-19(14-12-18)23(26)27/h2-14H,1H3,(H,24,25)(H,26,27)/p-1. The molecule has 3 aromatic carbocycles. The molecule has 0 aliphatic rings. The van der Waals surface area contributed by atoms with Crippen LogP contribution in [0.5, 0.6) is 0 Å². The molecule has 4 rings (SSSR count). The zero-order valence-corrected chi connectivity index (χ0v) is 14.8. The average Bonchev–Trinajstić information content (AvgIpc) is 3.15. The third-order valence-electron chi connectivity index (χ3n) is 4.49. The third-order valence-corrected chi connectivity index (χ3v) is 4.49. The predicted molar refractivity (Wildman–Crippen MR) is 104 cm³/mol. The number of hydrogen-bond donors (Lipinski definition) is 1. The van der Waals surface area contributed by atoms with E-state index < -0.39 is 5.97 Å². The highest BCUT2D eigenvalue weighted by molar-refractivity contribution is 5.87. The lowest BCUT2D eigenvalue weighted by atomic mass is 10.0. The summed E-state index contributed by atoms with van der Waals surface area (Å²) in [6.45, 7) is 2.05. The summed E-state index contributed by atoms with van der Waals surface area (Å²) in [4.78, 5) is 19.2. The van der Waals surface area contributed by atoms with Crippen molar-refractivity contribution >= 4 is 5.97 Å². The Morgan fingerprint density at radius 3 is 2.07 bits per heavy atom. The number of carboxylic acid groups (broad SMARTS) is 1. The number of carbonyl (C=O) groups is 1. The number of nitrogens with zero attached hydrogens (tertiary/aromatic N) is 1. The second-order valence-electron chi connectivity index (χ2n) is 6.41. The van der Waals surface area contributed by atoms with Gasteiger partial charge in [0.1, 0.15) is 5.82 Å². The fourth-order valence-corrected chi connectivity index (χ4v) is 3.01. The third kappa shape index (κ3) is 3.37. The molecule has 1 heterocycles. The summed E-state index contributed by atoms with van der Waals surface area (Å²) in [6.07, 6.45) is 0. The maximum Gasteiger partial charge on any atom is 0.138 e. The van der Waals surface area contributed by atoms with Gasteiger partial charge in [-0.15, -0.1) is 0 Å². The van der Waals surface area contributed by atoms with E-state index in [9.17, 15) is 9.90 Å². The van der Waals surface area contributed by atoms with Crippen LogP contribution < -0.4 is 5.11 Å². The summed E-state index contributed by atoms with van der Waals surface area (Å²) in [6, 6.07) is 24.8. The molecular formula is C23H17N2O2-. The van der Waals surface area contributed by atoms with E-state index in [1.807, 2.05) is 30.3 Å². The van der Waals surface area contributed by atoms with E-state index in [0.717, 1.165) is 28.1 Å². The van der Waals surface area contributed by atoms with Crippen LogP contribution in [0.1, 0.15) is 15.9 Å². The first kappa shape index (κ1) is 16.8. The predicted octanol–water partition coefficient (Wildman–Crippen LogP) is 4.08. The quantitative estimate of drug-likeness (QED) is 0.601. The zero-order chi connectivity index (χ0) is 18.8. The number of carbonyl (C=O) groups excluding carboxylic acids is 1. The highest BCUT2D eigenvalue weighted by Gasteiger charge is 2.15. The van der Waals surface area contributed by atoms with E-state index in [1.165, 1.54) is 17.7 Å². The number of imidazole rings is 1. The van der Waals surface area contributed by atoms with Gasteiger partial charge in [0, 0.05) is 16.7 Å². The average molecular weight is 353 g/mol. The Morgan fingerprint density at radius 1 is 0.815 bits per heavy atom. The Hall–Kier alpha value is -3.66. The monoisotopic (exact) mass is 353 g/mol. The van der Waals surface area contributed by atoms with Crippen molar-refractivity contribution in [3.63, 3.8) is 0 Å². The topological polar surface area (TPSA) is 68.8 Å². The molecule has 4 nitrogen and oxygen atoms in total. The van der Waals surface area contributed by atoms with Crippen LogP contribution in [0.25, 0.3) is 33.9 Å². The molecule has 0 radical (unpaired) electrons. The highest BCUT2D eigenvalue weighted by Crippen LogP contribution is 2.33. The fourth-order valence-electron chi connectivity index (χ4n) is 3.01. The van der Waals surface area contributed by atoms with Crippen molar-refractivity contribution in [3.8, 4) is 33.9 Å². The van der Waals surface area contributed by atoms with E-state index in [4.69, 9.17) is 4.98 Å². The van der Waals surface area contributed by atoms with Gasteiger partial charge < -0.3 is 14.9 Å². The first-order valence-electron chi connectivity index (χ1n) is 8.66. The van der Waals surface area contributed by atoms with Crippen molar-refractivity contribution in [2.24, 2.45) is 0 Å². The molecule has 27 heavy (non-hydrogen) atoms. The number of H-pyrrole nitrogens is 1. The van der Waals surface area contributed by atoms with Crippen LogP contribution >= 0.6 is 0 Å². The second-order valence-corrected chi connectivity index (χ2v) is 6.41. The molecule has 1 aromatic heterocycles. The van der Waals surface area contributed by atoms with Crippen LogP contribution in [0.4, 0.5) is 0 Å². The highest BCUT2D eigenvalue weighted by atomic mass is 16.4. The second kappa shape index (κ2) is 6.92. The lowest BCUT2D eigenvalue weighted by molar-refractivity contribution is -0.255. The van der Waals surface area contributed by atoms with E-state index in [-0.39, 0.29) is 5.56 Å². The largest absolute Gasteiger partial charge is 0.545 e. The molecule has 1 N–H and O–H groups in total. The minimum atomic E-state index is -1.19. The van der Waals surface area contributed by atoms with E-state index in [2.05, 4.69) is 36.2 Å². The SMILES string of the molecule is Cc1ccc(-c2[nH]c(-c3ccc(C(=O)[O-])cc3)nc2-c2ccccc2)cc1. The van der Waals surface area contributed by atoms with Gasteiger partial charge in [0.2, 0.25) is 0 Å². The first-order chi connectivity index (χ1) is 13.1. The van der Waals surface area contributed by atoms with Gasteiger partial charge in [0.15, 0.2) is 0 Å². The molecule has 4 aromatic rings. The number of rotatable bonds is 4. The Bertz CT molecular complexity index is 1080. The van der Waals surface area contributed by atoms with Crippen LogP contribution in [0.15, 0.2) is 78.9 Å². The van der Waals surface area contributed by atoms with Crippen molar-refractivity contribution in [1.82, 2.24) is 9.97 Å². The maximum absolute atomic E-state index is 11.0. The van der Waals surface area contributed by atoms with Gasteiger partial charge in [-0.2, -0.15) is 0 Å². The molecule has 0 amide bonds. The number of hydrogen-bond acceptors (Lipinski definition) is 3. The van der Waals surface area contributed by atoms with Gasteiger partial charge >= 0.3 is 0 Å². The van der Waals surface area contributed by atoms with Crippen LogP contribution in [0.3, 0.4) is 0 Å². The number of aryl methyl sites for hydroxylation is 1. The van der Waals surface area contributed by atoms with Crippen molar-refractivity contribution in [2.75, 3.05) is 0 Å². The van der Waals surface area contributed by atoms with Gasteiger partial charge in [-0.25, -0.2) is 4.98 Å². The summed E-state index contributed by atoms with van der Waals surface area (Å²) in [7, 11) is 0. The number of aromatic amines is 1. The van der Waals surface area contributed by atoms with Crippen LogP contribution in [-0.2, 0) is 0 Å². The summed E-state index contributed by atoms with van der Waals surface area (Å²) >= 11 is 0. The van der Waals surface area contributed by atoms with Crippen LogP contribution in [0.2, 0.25) is 0 Å². The molecule has 0 aliphatic heterocycles. The molecule has 0 aliphatic carbocycles. The molecule has 0 saturated carbocycles. The Kier molecular flexibility index (Phi) is 4.30. The number of carboxylic acids is 1. The Balaban J connectivity index is 1.84. The summed E-state index contributed by atoms with van der Waals surface area (Å²) in [5, 5.41) is 11.0. The van der Waals surface area contributed by atoms with Crippen molar-refractivity contribution < 1.29 is 9.90 Å². The number of benzene rings is 3. The van der Waals surface area contributed by atoms with Gasteiger partial charge in [-0.3, -0.25) is 0 Å². The van der Waals surface area contributed by atoms with Gasteiger partial charge in [0.25, 0.3) is 0 Å². The number of nitrogens with one attached hydrogen (secondary N) is 1. The Morgan fingerprint density at radius 2 is 1.44 bits per heavy atom. The Labute approximate surface area is 157 Å². The van der Waals surface area contributed by atoms with Gasteiger partial charge in [0.05, 0.1) is 17.4 Å². The smallest absolute Gasteiger partial charge is 0.138 e. The van der Waals surface area contributed by atoms with Crippen molar-refractivity contribution in [2.45, 2.75) is 6.92 Å². The van der Waals surface area contributed by atoms with Gasteiger partial charge in [-0.05, 0) is 12.5 Å². The molecule has 4 heteroatoms. The summed E-state index contributed by atoms with van der Waals surface area (Å²) < 4.78 is 0. The van der Waals surface area contributed by atoms with Crippen LogP contribution in [0, 0.1) is 6.92 Å². The molecule has 0 atom stereocenters. The summed E-state index contributed by atoms with van der Waals surface area (Å²) in [5.74, 6) is -0.499. The summed E-state index contributed by atoms with van der Waals surface area (Å²) in [5.41, 5.74) is 6.01. The minimum Gasteiger partial charge on any atom is -0.545 e. The normalized spacial score (nSPS) is 10.7. The first-order valence-corrected chi connectivity index (χ1v) is 8.66.